The van der Waals surface area contributed by atoms with Crippen LogP contribution >= 0.6 is 11.8 Å². The molecule has 0 amide bonds. The molecule has 142 valence electrons. The number of fused-ring (bicyclic) bond motifs is 1. The number of esters is 1. The van der Waals surface area contributed by atoms with Gasteiger partial charge in [-0.2, -0.15) is 0 Å². The average Bonchev–Trinajstić information content (AvgIpc) is 2.99. The molecular formula is C21H23FN2O2S. The molecule has 3 aromatic rings. The van der Waals surface area contributed by atoms with Gasteiger partial charge < -0.3 is 15.0 Å². The molecule has 0 aliphatic heterocycles. The van der Waals surface area contributed by atoms with Gasteiger partial charge in [-0.3, -0.25) is 4.79 Å². The van der Waals surface area contributed by atoms with Gasteiger partial charge in [-0.1, -0.05) is 0 Å². The van der Waals surface area contributed by atoms with E-state index in [0.717, 1.165) is 27.8 Å². The van der Waals surface area contributed by atoms with Crippen LogP contribution in [-0.4, -0.2) is 30.4 Å². The molecule has 0 radical (unpaired) electrons. The zero-order chi connectivity index (χ0) is 19.2. The van der Waals surface area contributed by atoms with Crippen molar-refractivity contribution in [3.8, 4) is 0 Å². The van der Waals surface area contributed by atoms with Crippen LogP contribution in [0.5, 0.6) is 0 Å². The summed E-state index contributed by atoms with van der Waals surface area (Å²) in [4.78, 5) is 16.5. The van der Waals surface area contributed by atoms with Gasteiger partial charge in [0.2, 0.25) is 0 Å². The second-order valence-electron chi connectivity index (χ2n) is 6.16. The molecule has 2 N–H and O–H groups in total. The number of rotatable bonds is 8. The quantitative estimate of drug-likeness (QED) is 0.432. The number of H-pyrrole nitrogens is 1. The molecule has 3 rings (SSSR count). The topological polar surface area (TPSA) is 54.1 Å². The van der Waals surface area contributed by atoms with Crippen molar-refractivity contribution in [2.75, 3.05) is 24.7 Å². The highest BCUT2D eigenvalue weighted by Gasteiger charge is 2.16. The van der Waals surface area contributed by atoms with Gasteiger partial charge in [-0.05, 0) is 61.2 Å². The number of carbonyl (C=O) groups excluding carboxylic acids is 1. The summed E-state index contributed by atoms with van der Waals surface area (Å²) in [6.45, 7) is 2.81. The fourth-order valence-corrected chi connectivity index (χ4v) is 3.50. The third kappa shape index (κ3) is 4.83. The first-order chi connectivity index (χ1) is 13.1. The molecule has 0 unspecified atom stereocenters. The van der Waals surface area contributed by atoms with Crippen LogP contribution in [0.4, 0.5) is 10.1 Å². The zero-order valence-corrected chi connectivity index (χ0v) is 16.3. The molecular weight excluding hydrogens is 363 g/mol. The molecule has 2 aromatic carbocycles. The number of aromatic amines is 1. The Hall–Kier alpha value is -2.47. The van der Waals surface area contributed by atoms with Gasteiger partial charge in [0.15, 0.2) is 0 Å². The maximum atomic E-state index is 13.7. The molecule has 0 saturated carbocycles. The monoisotopic (exact) mass is 386 g/mol. The van der Waals surface area contributed by atoms with Crippen molar-refractivity contribution in [1.82, 2.24) is 4.98 Å². The molecule has 0 aliphatic carbocycles. The summed E-state index contributed by atoms with van der Waals surface area (Å²) in [6, 6.07) is 12.8. The third-order valence-corrected chi connectivity index (χ3v) is 5.12. The lowest BCUT2D eigenvalue weighted by molar-refractivity contribution is -0.142. The van der Waals surface area contributed by atoms with Gasteiger partial charge in [0, 0.05) is 40.1 Å². The van der Waals surface area contributed by atoms with Crippen molar-refractivity contribution >= 4 is 34.3 Å². The van der Waals surface area contributed by atoms with E-state index in [-0.39, 0.29) is 18.2 Å². The minimum Gasteiger partial charge on any atom is -0.466 e. The van der Waals surface area contributed by atoms with Crippen LogP contribution in [0.25, 0.3) is 10.9 Å². The van der Waals surface area contributed by atoms with E-state index in [4.69, 9.17) is 4.74 Å². The van der Waals surface area contributed by atoms with E-state index in [0.29, 0.717) is 19.6 Å². The molecule has 1 aromatic heterocycles. The van der Waals surface area contributed by atoms with Gasteiger partial charge in [0.05, 0.1) is 13.0 Å². The molecule has 0 saturated heterocycles. The lowest BCUT2D eigenvalue weighted by Gasteiger charge is -2.08. The van der Waals surface area contributed by atoms with Crippen LogP contribution in [0.1, 0.15) is 18.2 Å². The van der Waals surface area contributed by atoms with Crippen molar-refractivity contribution in [1.29, 1.82) is 0 Å². The second-order valence-corrected chi connectivity index (χ2v) is 7.04. The lowest BCUT2D eigenvalue weighted by atomic mass is 10.1. The Balaban J connectivity index is 1.76. The van der Waals surface area contributed by atoms with Crippen LogP contribution in [0.2, 0.25) is 0 Å². The maximum absolute atomic E-state index is 13.7. The number of thioether (sulfide) groups is 1. The minimum absolute atomic E-state index is 0.134. The minimum atomic E-state index is -0.315. The predicted molar refractivity (Wildman–Crippen MR) is 109 cm³/mol. The Bertz CT molecular complexity index is 922. The van der Waals surface area contributed by atoms with Crippen molar-refractivity contribution in [2.24, 2.45) is 0 Å². The summed E-state index contributed by atoms with van der Waals surface area (Å²) < 4.78 is 18.8. The van der Waals surface area contributed by atoms with E-state index in [1.54, 1.807) is 24.8 Å². The number of aromatic nitrogens is 1. The van der Waals surface area contributed by atoms with Gasteiger partial charge in [-0.15, -0.1) is 11.8 Å². The van der Waals surface area contributed by atoms with E-state index in [9.17, 15) is 9.18 Å². The summed E-state index contributed by atoms with van der Waals surface area (Å²) in [7, 11) is 0. The van der Waals surface area contributed by atoms with Crippen LogP contribution in [0, 0.1) is 5.82 Å². The Morgan fingerprint density at radius 1 is 1.22 bits per heavy atom. The number of benzene rings is 2. The summed E-state index contributed by atoms with van der Waals surface area (Å²) >= 11 is 1.71. The number of ether oxygens (including phenoxy) is 1. The predicted octanol–water partition coefficient (Wildman–Crippen LogP) is 4.79. The average molecular weight is 386 g/mol. The van der Waals surface area contributed by atoms with E-state index in [1.807, 2.05) is 18.4 Å². The zero-order valence-electron chi connectivity index (χ0n) is 15.5. The van der Waals surface area contributed by atoms with Gasteiger partial charge >= 0.3 is 5.97 Å². The van der Waals surface area contributed by atoms with Gasteiger partial charge in [-0.25, -0.2) is 4.39 Å². The molecule has 6 heteroatoms. The van der Waals surface area contributed by atoms with Crippen LogP contribution in [0.3, 0.4) is 0 Å². The van der Waals surface area contributed by atoms with Crippen LogP contribution in [-0.2, 0) is 22.4 Å². The van der Waals surface area contributed by atoms with Gasteiger partial charge in [0.25, 0.3) is 0 Å². The number of nitrogens with one attached hydrogen (secondary N) is 2. The summed E-state index contributed by atoms with van der Waals surface area (Å²) in [5.74, 6) is -0.616. The van der Waals surface area contributed by atoms with Crippen molar-refractivity contribution in [3.63, 3.8) is 0 Å². The molecule has 0 fully saturated rings. The normalized spacial score (nSPS) is 10.9. The van der Waals surface area contributed by atoms with Crippen molar-refractivity contribution in [2.45, 2.75) is 24.7 Å². The number of anilines is 1. The highest BCUT2D eigenvalue weighted by Crippen LogP contribution is 2.25. The Morgan fingerprint density at radius 2 is 2.00 bits per heavy atom. The lowest BCUT2D eigenvalue weighted by Crippen LogP contribution is -2.11. The smallest absolute Gasteiger partial charge is 0.310 e. The summed E-state index contributed by atoms with van der Waals surface area (Å²) in [5.41, 5.74) is 3.61. The summed E-state index contributed by atoms with van der Waals surface area (Å²) in [6.07, 6.45) is 2.87. The number of halogens is 1. The Morgan fingerprint density at radius 3 is 2.70 bits per heavy atom. The fraction of sp³-hybridized carbons (Fsp3) is 0.286. The largest absolute Gasteiger partial charge is 0.466 e. The standard InChI is InChI=1S/C21H23FN2O2S/c1-3-26-21(25)13-18-17-12-14(22)4-9-19(17)24-20(18)10-11-23-15-5-7-16(27-2)8-6-15/h4-9,12,23-24H,3,10-11,13H2,1-2H3. The highest BCUT2D eigenvalue weighted by molar-refractivity contribution is 7.98. The number of carbonyl (C=O) groups is 1. The molecule has 27 heavy (non-hydrogen) atoms. The first kappa shape index (κ1) is 19.3. The van der Waals surface area contributed by atoms with E-state index in [2.05, 4.69) is 22.4 Å². The molecule has 0 bridgehead atoms. The molecule has 4 nitrogen and oxygen atoms in total. The third-order valence-electron chi connectivity index (χ3n) is 4.38. The maximum Gasteiger partial charge on any atom is 0.310 e. The van der Waals surface area contributed by atoms with E-state index < -0.39 is 0 Å². The molecule has 1 heterocycles. The number of hydrogen-bond donors (Lipinski definition) is 2. The summed E-state index contributed by atoms with van der Waals surface area (Å²) in [5, 5.41) is 4.12. The number of hydrogen-bond acceptors (Lipinski definition) is 4. The second kappa shape index (κ2) is 8.95. The molecule has 0 aliphatic rings. The molecule has 0 spiro atoms. The highest BCUT2D eigenvalue weighted by atomic mass is 32.2. The van der Waals surface area contributed by atoms with E-state index >= 15 is 0 Å². The van der Waals surface area contributed by atoms with Crippen molar-refractivity contribution in [3.05, 3.63) is 59.5 Å². The first-order valence-corrected chi connectivity index (χ1v) is 10.2. The first-order valence-electron chi connectivity index (χ1n) is 8.93. The van der Waals surface area contributed by atoms with Crippen LogP contribution in [0.15, 0.2) is 47.4 Å². The van der Waals surface area contributed by atoms with E-state index in [1.165, 1.54) is 17.0 Å². The fourth-order valence-electron chi connectivity index (χ4n) is 3.09. The Labute approximate surface area is 162 Å². The SMILES string of the molecule is CCOC(=O)Cc1c(CCNc2ccc(SC)cc2)[nH]c2ccc(F)cc12. The van der Waals surface area contributed by atoms with Gasteiger partial charge in [0.1, 0.15) is 5.82 Å². The Kier molecular flexibility index (Phi) is 6.40. The molecule has 0 atom stereocenters. The van der Waals surface area contributed by atoms with Crippen molar-refractivity contribution < 1.29 is 13.9 Å². The van der Waals surface area contributed by atoms with Crippen LogP contribution < -0.4 is 5.32 Å².